The van der Waals surface area contributed by atoms with Crippen LogP contribution in [0.5, 0.6) is 11.5 Å². The van der Waals surface area contributed by atoms with E-state index >= 15 is 0 Å². The van der Waals surface area contributed by atoms with Crippen LogP contribution in [0.2, 0.25) is 0 Å². The van der Waals surface area contributed by atoms with Gasteiger partial charge in [-0.15, -0.1) is 0 Å². The Hall–Kier alpha value is -1.59. The molecule has 3 saturated heterocycles. The number of piperazine rings is 3. The summed E-state index contributed by atoms with van der Waals surface area (Å²) in [5, 5.41) is 0. The third-order valence-corrected chi connectivity index (χ3v) is 4.41. The van der Waals surface area contributed by atoms with Crippen LogP contribution < -0.4 is 9.47 Å². The zero-order valence-corrected chi connectivity index (χ0v) is 11.4. The topological polar surface area (TPSA) is 42.0 Å². The molecule has 0 amide bonds. The fraction of sp³-hybridized carbons (Fsp3) is 0.533. The van der Waals surface area contributed by atoms with Crippen molar-refractivity contribution in [3.8, 4) is 11.5 Å². The van der Waals surface area contributed by atoms with Crippen LogP contribution in [0.3, 0.4) is 0 Å². The van der Waals surface area contributed by atoms with Gasteiger partial charge in [0.05, 0.1) is 6.04 Å². The molecule has 5 nitrogen and oxygen atoms in total. The van der Waals surface area contributed by atoms with Gasteiger partial charge in [0.25, 0.3) is 0 Å². The number of ketones is 1. The second kappa shape index (κ2) is 4.75. The highest BCUT2D eigenvalue weighted by Gasteiger charge is 2.36. The average Bonchev–Trinajstić information content (AvgIpc) is 2.54. The van der Waals surface area contributed by atoms with Crippen molar-refractivity contribution in [2.45, 2.75) is 6.04 Å². The van der Waals surface area contributed by atoms with Crippen molar-refractivity contribution in [1.29, 1.82) is 0 Å². The van der Waals surface area contributed by atoms with Gasteiger partial charge in [-0.25, -0.2) is 0 Å². The molecule has 1 aromatic carbocycles. The normalized spacial score (nSPS) is 31.1. The Labute approximate surface area is 118 Å². The Balaban J connectivity index is 1.59. The third-order valence-electron chi connectivity index (χ3n) is 4.41. The smallest absolute Gasteiger partial charge is 0.181 e. The van der Waals surface area contributed by atoms with Crippen LogP contribution in [0.1, 0.15) is 10.4 Å². The molecule has 4 aliphatic rings. The van der Waals surface area contributed by atoms with Gasteiger partial charge in [0, 0.05) is 38.3 Å². The number of nitrogens with zero attached hydrogens (tertiary/aromatic N) is 2. The lowest BCUT2D eigenvalue weighted by molar-refractivity contribution is 0.0159. The van der Waals surface area contributed by atoms with Gasteiger partial charge < -0.3 is 9.47 Å². The zero-order chi connectivity index (χ0) is 13.5. The van der Waals surface area contributed by atoms with Gasteiger partial charge in [0.15, 0.2) is 17.3 Å². The SMILES string of the molecule is O=C(c1ccc2c(c1)OCCO2)C1CN2CCN1CC2. The van der Waals surface area contributed by atoms with Crippen LogP contribution in [0.15, 0.2) is 18.2 Å². The largest absolute Gasteiger partial charge is 0.486 e. The van der Waals surface area contributed by atoms with Crippen molar-refractivity contribution in [1.82, 2.24) is 9.80 Å². The summed E-state index contributed by atoms with van der Waals surface area (Å²) < 4.78 is 11.1. The van der Waals surface area contributed by atoms with Crippen molar-refractivity contribution in [2.75, 3.05) is 45.9 Å². The summed E-state index contributed by atoms with van der Waals surface area (Å²) in [6.45, 7) is 6.16. The standard InChI is InChI=1S/C15H18N2O3/c18-15(12-10-16-3-5-17(12)6-4-16)11-1-2-13-14(9-11)20-8-7-19-13/h1-2,9,12H,3-8,10H2. The van der Waals surface area contributed by atoms with E-state index in [9.17, 15) is 4.79 Å². The summed E-state index contributed by atoms with van der Waals surface area (Å²) in [6.07, 6.45) is 0. The molecule has 4 aliphatic heterocycles. The van der Waals surface area contributed by atoms with E-state index in [0.717, 1.165) is 44.0 Å². The van der Waals surface area contributed by atoms with Gasteiger partial charge in [-0.1, -0.05) is 0 Å². The molecule has 0 N–H and O–H groups in total. The van der Waals surface area contributed by atoms with Crippen LogP contribution in [-0.2, 0) is 0 Å². The highest BCUT2D eigenvalue weighted by molar-refractivity contribution is 6.01. The minimum absolute atomic E-state index is 0.0000546. The third kappa shape index (κ3) is 1.98. The number of fused-ring (bicyclic) bond motifs is 4. The van der Waals surface area contributed by atoms with Crippen molar-refractivity contribution in [3.05, 3.63) is 23.8 Å². The summed E-state index contributed by atoms with van der Waals surface area (Å²) in [4.78, 5) is 17.4. The molecular formula is C15H18N2O3. The van der Waals surface area contributed by atoms with Gasteiger partial charge >= 0.3 is 0 Å². The molecule has 3 fully saturated rings. The van der Waals surface area contributed by atoms with Crippen LogP contribution in [0.4, 0.5) is 0 Å². The monoisotopic (exact) mass is 274 g/mol. The molecule has 106 valence electrons. The second-order valence-electron chi connectivity index (χ2n) is 5.58. The molecule has 0 saturated carbocycles. The molecule has 5 rings (SSSR count). The molecule has 1 aromatic rings. The zero-order valence-electron chi connectivity index (χ0n) is 11.4. The quantitative estimate of drug-likeness (QED) is 0.740. The molecular weight excluding hydrogens is 256 g/mol. The van der Waals surface area contributed by atoms with Crippen LogP contribution >= 0.6 is 0 Å². The lowest BCUT2D eigenvalue weighted by atomic mass is 9.98. The van der Waals surface area contributed by atoms with Crippen molar-refractivity contribution < 1.29 is 14.3 Å². The predicted octanol–water partition coefficient (Wildman–Crippen LogP) is 0.640. The number of carbonyl (C=O) groups is 1. The maximum atomic E-state index is 12.7. The molecule has 0 radical (unpaired) electrons. The highest BCUT2D eigenvalue weighted by atomic mass is 16.6. The lowest BCUT2D eigenvalue weighted by Gasteiger charge is -2.46. The molecule has 1 unspecified atom stereocenters. The number of benzene rings is 1. The molecule has 4 heterocycles. The van der Waals surface area contributed by atoms with Crippen molar-refractivity contribution in [3.63, 3.8) is 0 Å². The Kier molecular flexibility index (Phi) is 2.89. The number of Topliss-reactive ketones (excluding diaryl/α,β-unsaturated/α-hetero) is 1. The lowest BCUT2D eigenvalue weighted by Crippen LogP contribution is -2.63. The number of ether oxygens (including phenoxy) is 2. The minimum Gasteiger partial charge on any atom is -0.486 e. The number of rotatable bonds is 2. The second-order valence-corrected chi connectivity index (χ2v) is 5.58. The van der Waals surface area contributed by atoms with Gasteiger partial charge in [0.1, 0.15) is 13.2 Å². The summed E-state index contributed by atoms with van der Waals surface area (Å²) in [7, 11) is 0. The Morgan fingerprint density at radius 3 is 2.50 bits per heavy atom. The minimum atomic E-state index is 0.0000546. The van der Waals surface area contributed by atoms with Gasteiger partial charge in [-0.3, -0.25) is 14.6 Å². The first kappa shape index (κ1) is 12.2. The average molecular weight is 274 g/mol. The van der Waals surface area contributed by atoms with E-state index in [-0.39, 0.29) is 11.8 Å². The van der Waals surface area contributed by atoms with E-state index in [1.54, 1.807) is 0 Å². The first-order chi connectivity index (χ1) is 9.81. The summed E-state index contributed by atoms with van der Waals surface area (Å²) in [5.41, 5.74) is 0.730. The first-order valence-corrected chi connectivity index (χ1v) is 7.21. The van der Waals surface area contributed by atoms with E-state index < -0.39 is 0 Å². The van der Waals surface area contributed by atoms with Crippen LogP contribution in [0.25, 0.3) is 0 Å². The van der Waals surface area contributed by atoms with Gasteiger partial charge in [-0.05, 0) is 18.2 Å². The van der Waals surface area contributed by atoms with Gasteiger partial charge in [0.2, 0.25) is 0 Å². The summed E-state index contributed by atoms with van der Waals surface area (Å²) in [5.74, 6) is 1.63. The van der Waals surface area contributed by atoms with E-state index in [1.807, 2.05) is 18.2 Å². The van der Waals surface area contributed by atoms with E-state index in [4.69, 9.17) is 9.47 Å². The first-order valence-electron chi connectivity index (χ1n) is 7.21. The fourth-order valence-electron chi connectivity index (χ4n) is 3.26. The highest BCUT2D eigenvalue weighted by Crippen LogP contribution is 2.31. The molecule has 1 atom stereocenters. The molecule has 0 aliphatic carbocycles. The Bertz CT molecular complexity index is 538. The molecule has 2 bridgehead atoms. The van der Waals surface area contributed by atoms with Crippen molar-refractivity contribution >= 4 is 5.78 Å². The van der Waals surface area contributed by atoms with E-state index in [1.165, 1.54) is 0 Å². The molecule has 5 heteroatoms. The maximum absolute atomic E-state index is 12.7. The molecule has 0 aromatic heterocycles. The van der Waals surface area contributed by atoms with E-state index in [0.29, 0.717) is 19.0 Å². The van der Waals surface area contributed by atoms with Crippen molar-refractivity contribution in [2.24, 2.45) is 0 Å². The maximum Gasteiger partial charge on any atom is 0.181 e. The van der Waals surface area contributed by atoms with Crippen LogP contribution in [-0.4, -0.2) is 67.6 Å². The predicted molar refractivity (Wildman–Crippen MR) is 73.6 cm³/mol. The molecule has 0 spiro atoms. The Morgan fingerprint density at radius 2 is 1.80 bits per heavy atom. The summed E-state index contributed by atoms with van der Waals surface area (Å²) >= 11 is 0. The van der Waals surface area contributed by atoms with Gasteiger partial charge in [-0.2, -0.15) is 0 Å². The molecule has 20 heavy (non-hydrogen) atoms. The fourth-order valence-corrected chi connectivity index (χ4v) is 3.26. The summed E-state index contributed by atoms with van der Waals surface area (Å²) in [6, 6.07) is 5.53. The van der Waals surface area contributed by atoms with Crippen LogP contribution in [0, 0.1) is 0 Å². The number of hydrogen-bond acceptors (Lipinski definition) is 5. The number of carbonyl (C=O) groups excluding carboxylic acids is 1. The Morgan fingerprint density at radius 1 is 1.05 bits per heavy atom. The van der Waals surface area contributed by atoms with E-state index in [2.05, 4.69) is 9.80 Å². The number of hydrogen-bond donors (Lipinski definition) is 0.